The molecule has 2 nitrogen and oxygen atoms in total. The topological polar surface area (TPSA) is 29.3 Å². The molecule has 1 fully saturated rings. The molecule has 3 atom stereocenters. The lowest BCUT2D eigenvalue weighted by molar-refractivity contribution is 0.135. The Morgan fingerprint density at radius 1 is 1.35 bits per heavy atom. The average molecular weight is 240 g/mol. The number of unbranched alkanes of at least 4 members (excludes halogenated alkanes) is 1. The highest BCUT2D eigenvalue weighted by molar-refractivity contribution is 4.79. The van der Waals surface area contributed by atoms with Gasteiger partial charge in [-0.1, -0.05) is 33.1 Å². The second-order valence-electron chi connectivity index (χ2n) is 5.94. The first-order valence-electron chi connectivity index (χ1n) is 7.65. The maximum absolute atomic E-state index is 6.05. The van der Waals surface area contributed by atoms with Gasteiger partial charge in [-0.05, 0) is 44.6 Å². The SMILES string of the molecule is CCCCC(CC)CN1CCCC(C(C)N)C1. The van der Waals surface area contributed by atoms with E-state index in [-0.39, 0.29) is 0 Å². The minimum absolute atomic E-state index is 0.369. The number of rotatable bonds is 7. The van der Waals surface area contributed by atoms with Crippen LogP contribution >= 0.6 is 0 Å². The van der Waals surface area contributed by atoms with Crippen LogP contribution < -0.4 is 5.73 Å². The van der Waals surface area contributed by atoms with E-state index >= 15 is 0 Å². The van der Waals surface area contributed by atoms with Crippen molar-refractivity contribution in [1.29, 1.82) is 0 Å². The summed E-state index contributed by atoms with van der Waals surface area (Å²) in [5.74, 6) is 1.63. The van der Waals surface area contributed by atoms with Gasteiger partial charge in [-0.15, -0.1) is 0 Å². The van der Waals surface area contributed by atoms with Gasteiger partial charge in [0, 0.05) is 19.1 Å². The summed E-state index contributed by atoms with van der Waals surface area (Å²) in [5, 5.41) is 0. The van der Waals surface area contributed by atoms with Gasteiger partial charge in [0.15, 0.2) is 0 Å². The average Bonchev–Trinajstić information content (AvgIpc) is 2.34. The monoisotopic (exact) mass is 240 g/mol. The van der Waals surface area contributed by atoms with E-state index in [1.165, 1.54) is 58.2 Å². The van der Waals surface area contributed by atoms with E-state index in [1.54, 1.807) is 0 Å². The first-order valence-corrected chi connectivity index (χ1v) is 7.65. The van der Waals surface area contributed by atoms with E-state index in [1.807, 2.05) is 0 Å². The van der Waals surface area contributed by atoms with Crippen molar-refractivity contribution in [2.45, 2.75) is 65.3 Å². The lowest BCUT2D eigenvalue weighted by atomic mass is 9.90. The molecule has 1 rings (SSSR count). The molecule has 0 radical (unpaired) electrons. The first-order chi connectivity index (χ1) is 8.17. The van der Waals surface area contributed by atoms with Crippen LogP contribution in [0.2, 0.25) is 0 Å². The van der Waals surface area contributed by atoms with Crippen molar-refractivity contribution in [2.24, 2.45) is 17.6 Å². The third kappa shape index (κ3) is 5.39. The van der Waals surface area contributed by atoms with Crippen molar-refractivity contribution in [3.05, 3.63) is 0 Å². The van der Waals surface area contributed by atoms with E-state index in [4.69, 9.17) is 5.73 Å². The molecule has 0 bridgehead atoms. The maximum atomic E-state index is 6.05. The summed E-state index contributed by atoms with van der Waals surface area (Å²) in [6, 6.07) is 0.369. The van der Waals surface area contributed by atoms with Crippen LogP contribution in [0, 0.1) is 11.8 Å². The molecule has 102 valence electrons. The highest BCUT2D eigenvalue weighted by Crippen LogP contribution is 2.22. The molecule has 2 heteroatoms. The number of hydrogen-bond donors (Lipinski definition) is 1. The van der Waals surface area contributed by atoms with Gasteiger partial charge in [0.05, 0.1) is 0 Å². The maximum Gasteiger partial charge on any atom is 0.00509 e. The largest absolute Gasteiger partial charge is 0.328 e. The highest BCUT2D eigenvalue weighted by atomic mass is 15.1. The van der Waals surface area contributed by atoms with Crippen LogP contribution in [0.3, 0.4) is 0 Å². The minimum atomic E-state index is 0.369. The van der Waals surface area contributed by atoms with Gasteiger partial charge in [0.25, 0.3) is 0 Å². The quantitative estimate of drug-likeness (QED) is 0.740. The van der Waals surface area contributed by atoms with Crippen molar-refractivity contribution in [3.8, 4) is 0 Å². The molecule has 0 aromatic heterocycles. The van der Waals surface area contributed by atoms with Crippen molar-refractivity contribution in [1.82, 2.24) is 4.90 Å². The fraction of sp³-hybridized carbons (Fsp3) is 1.00. The smallest absolute Gasteiger partial charge is 0.00509 e. The zero-order chi connectivity index (χ0) is 12.7. The standard InChI is InChI=1S/C15H32N2/c1-4-6-8-14(5-2)11-17-10-7-9-15(12-17)13(3)16/h13-15H,4-12,16H2,1-3H3. The Hall–Kier alpha value is -0.0800. The molecular formula is C15H32N2. The lowest BCUT2D eigenvalue weighted by Gasteiger charge is -2.36. The molecule has 0 aromatic rings. The first kappa shape index (κ1) is 15.0. The summed E-state index contributed by atoms with van der Waals surface area (Å²) < 4.78 is 0. The van der Waals surface area contributed by atoms with E-state index in [0.717, 1.165) is 11.8 Å². The molecule has 3 unspecified atom stereocenters. The fourth-order valence-corrected chi connectivity index (χ4v) is 2.97. The molecule has 1 aliphatic rings. The number of nitrogens with zero attached hydrogens (tertiary/aromatic N) is 1. The van der Waals surface area contributed by atoms with E-state index in [2.05, 4.69) is 25.7 Å². The second kappa shape index (κ2) is 8.10. The van der Waals surface area contributed by atoms with Gasteiger partial charge in [0.2, 0.25) is 0 Å². The molecule has 0 amide bonds. The van der Waals surface area contributed by atoms with Crippen LogP contribution in [0.15, 0.2) is 0 Å². The number of piperidine rings is 1. The summed E-state index contributed by atoms with van der Waals surface area (Å²) in [6.45, 7) is 10.6. The Kier molecular flexibility index (Phi) is 7.14. The normalized spacial score (nSPS) is 25.8. The van der Waals surface area contributed by atoms with Crippen LogP contribution in [0.5, 0.6) is 0 Å². The van der Waals surface area contributed by atoms with E-state index in [0.29, 0.717) is 6.04 Å². The van der Waals surface area contributed by atoms with Crippen LogP contribution in [0.1, 0.15) is 59.3 Å². The van der Waals surface area contributed by atoms with Crippen molar-refractivity contribution < 1.29 is 0 Å². The third-order valence-corrected chi connectivity index (χ3v) is 4.35. The Balaban J connectivity index is 2.33. The van der Waals surface area contributed by atoms with Crippen LogP contribution in [0.4, 0.5) is 0 Å². The predicted octanol–water partition coefficient (Wildman–Crippen LogP) is 3.26. The van der Waals surface area contributed by atoms with E-state index < -0.39 is 0 Å². The van der Waals surface area contributed by atoms with Crippen molar-refractivity contribution in [3.63, 3.8) is 0 Å². The predicted molar refractivity (Wildman–Crippen MR) is 76.1 cm³/mol. The Morgan fingerprint density at radius 3 is 2.71 bits per heavy atom. The molecule has 0 saturated carbocycles. The summed E-state index contributed by atoms with van der Waals surface area (Å²) in [7, 11) is 0. The Labute approximate surface area is 108 Å². The molecule has 0 aliphatic carbocycles. The van der Waals surface area contributed by atoms with Gasteiger partial charge in [-0.3, -0.25) is 0 Å². The van der Waals surface area contributed by atoms with E-state index in [9.17, 15) is 0 Å². The molecule has 0 aromatic carbocycles. The van der Waals surface area contributed by atoms with Crippen LogP contribution in [0.25, 0.3) is 0 Å². The molecule has 1 aliphatic heterocycles. The molecular weight excluding hydrogens is 208 g/mol. The van der Waals surface area contributed by atoms with Crippen LogP contribution in [-0.2, 0) is 0 Å². The minimum Gasteiger partial charge on any atom is -0.328 e. The van der Waals surface area contributed by atoms with Crippen molar-refractivity contribution in [2.75, 3.05) is 19.6 Å². The Morgan fingerprint density at radius 2 is 2.12 bits per heavy atom. The summed E-state index contributed by atoms with van der Waals surface area (Å²) >= 11 is 0. The molecule has 1 heterocycles. The zero-order valence-corrected chi connectivity index (χ0v) is 12.1. The number of nitrogens with two attached hydrogens (primary N) is 1. The summed E-state index contributed by atoms with van der Waals surface area (Å²) in [4.78, 5) is 2.67. The van der Waals surface area contributed by atoms with Crippen LogP contribution in [-0.4, -0.2) is 30.6 Å². The number of hydrogen-bond acceptors (Lipinski definition) is 2. The fourth-order valence-electron chi connectivity index (χ4n) is 2.97. The van der Waals surface area contributed by atoms with Gasteiger partial charge in [0.1, 0.15) is 0 Å². The zero-order valence-electron chi connectivity index (χ0n) is 12.1. The Bertz CT molecular complexity index is 191. The summed E-state index contributed by atoms with van der Waals surface area (Å²) in [6.07, 6.45) is 8.14. The molecule has 2 N–H and O–H groups in total. The van der Waals surface area contributed by atoms with Gasteiger partial charge >= 0.3 is 0 Å². The van der Waals surface area contributed by atoms with Gasteiger partial charge < -0.3 is 10.6 Å². The lowest BCUT2D eigenvalue weighted by Crippen LogP contribution is -2.44. The molecule has 17 heavy (non-hydrogen) atoms. The number of likely N-dealkylation sites (tertiary alicyclic amines) is 1. The third-order valence-electron chi connectivity index (χ3n) is 4.35. The second-order valence-corrected chi connectivity index (χ2v) is 5.94. The van der Waals surface area contributed by atoms with Gasteiger partial charge in [-0.2, -0.15) is 0 Å². The molecule has 0 spiro atoms. The highest BCUT2D eigenvalue weighted by Gasteiger charge is 2.23. The molecule has 1 saturated heterocycles. The van der Waals surface area contributed by atoms with Crippen molar-refractivity contribution >= 4 is 0 Å². The summed E-state index contributed by atoms with van der Waals surface area (Å²) in [5.41, 5.74) is 6.05. The van der Waals surface area contributed by atoms with Gasteiger partial charge in [-0.25, -0.2) is 0 Å².